The van der Waals surface area contributed by atoms with Gasteiger partial charge in [-0.15, -0.1) is 0 Å². The first kappa shape index (κ1) is 60.0. The predicted octanol–water partition coefficient (Wildman–Crippen LogP) is 11.2. The van der Waals surface area contributed by atoms with Gasteiger partial charge in [-0.05, 0) is 55.5 Å². The van der Waals surface area contributed by atoms with Gasteiger partial charge >= 0.3 is 24.1 Å². The van der Waals surface area contributed by atoms with Crippen LogP contribution in [0.1, 0.15) is 193 Å². The topological polar surface area (TPSA) is 200 Å². The number of carbonyl (C=O) groups is 5. The number of carbonyl (C=O) groups excluding carboxylic acids is 5. The van der Waals surface area contributed by atoms with Gasteiger partial charge in [0.25, 0.3) is 0 Å². The van der Waals surface area contributed by atoms with E-state index in [9.17, 15) is 29.4 Å². The Morgan fingerprint density at radius 1 is 0.805 bits per heavy atom. The van der Waals surface area contributed by atoms with Crippen LogP contribution >= 0.6 is 0 Å². The summed E-state index contributed by atoms with van der Waals surface area (Å²) >= 11 is 0. The number of rotatable bonds is 26. The Hall–Kier alpha value is -4.67. The zero-order chi connectivity index (χ0) is 55.5. The molecule has 0 spiro atoms. The molecule has 2 N–H and O–H groups in total. The van der Waals surface area contributed by atoms with Crippen LogP contribution in [-0.4, -0.2) is 114 Å². The molecule has 5 aliphatic rings. The molecule has 13 atom stereocenters. The van der Waals surface area contributed by atoms with Gasteiger partial charge in [0.1, 0.15) is 42.4 Å². The van der Waals surface area contributed by atoms with Crippen LogP contribution in [0.2, 0.25) is 0 Å². The van der Waals surface area contributed by atoms with Crippen molar-refractivity contribution in [2.24, 2.45) is 22.7 Å². The lowest BCUT2D eigenvalue weighted by atomic mass is 9.43. The molecule has 3 aliphatic carbocycles. The number of Topliss-reactive ketones (excluding diaryl/α,β-unsaturated/α-hetero) is 1. The number of fused-ring (bicyclic) bond motifs is 5. The Morgan fingerprint density at radius 3 is 1.96 bits per heavy atom. The van der Waals surface area contributed by atoms with E-state index in [-0.39, 0.29) is 38.2 Å². The molecule has 4 fully saturated rings. The maximum atomic E-state index is 15.4. The van der Waals surface area contributed by atoms with Gasteiger partial charge in [0.2, 0.25) is 6.10 Å². The van der Waals surface area contributed by atoms with E-state index in [2.05, 4.69) is 6.92 Å². The van der Waals surface area contributed by atoms with Crippen molar-refractivity contribution in [1.29, 1.82) is 0 Å². The molecule has 0 radical (unpaired) electrons. The van der Waals surface area contributed by atoms with Gasteiger partial charge in [-0.3, -0.25) is 9.59 Å². The van der Waals surface area contributed by atoms with E-state index < -0.39 is 113 Å². The third-order valence-corrected chi connectivity index (χ3v) is 18.0. The molecule has 0 amide bonds. The van der Waals surface area contributed by atoms with Crippen molar-refractivity contribution in [2.45, 2.75) is 231 Å². The van der Waals surface area contributed by atoms with Gasteiger partial charge in [0.15, 0.2) is 11.9 Å². The quantitative estimate of drug-likeness (QED) is 0.0390. The highest BCUT2D eigenvalue weighted by atomic mass is 16.8. The van der Waals surface area contributed by atoms with Gasteiger partial charge in [0.05, 0.1) is 36.2 Å². The summed E-state index contributed by atoms with van der Waals surface area (Å²) in [6, 6.07) is 17.2. The van der Waals surface area contributed by atoms with Gasteiger partial charge < -0.3 is 48.1 Å². The minimum Gasteiger partial charge on any atom is -0.455 e. The minimum atomic E-state index is -2.18. The summed E-state index contributed by atoms with van der Waals surface area (Å²) in [6.45, 7) is 13.5. The van der Waals surface area contributed by atoms with E-state index in [1.165, 1.54) is 90.4 Å². The first-order valence-corrected chi connectivity index (χ1v) is 28.9. The van der Waals surface area contributed by atoms with Crippen LogP contribution in [0.3, 0.4) is 0 Å². The number of aliphatic hydroxyl groups excluding tert-OH is 1. The lowest BCUT2D eigenvalue weighted by molar-refractivity contribution is -0.345. The van der Waals surface area contributed by atoms with Gasteiger partial charge in [-0.25, -0.2) is 14.4 Å². The average Bonchev–Trinajstić information content (AvgIpc) is 3.94. The van der Waals surface area contributed by atoms with Crippen LogP contribution < -0.4 is 0 Å². The smallest absolute Gasteiger partial charge is 0.455 e. The Bertz CT molecular complexity index is 2330. The molecule has 2 heterocycles. The molecule has 2 aliphatic heterocycles. The number of ketones is 1. The Balaban J connectivity index is 1.04. The lowest BCUT2D eigenvalue weighted by Crippen LogP contribution is -2.81. The number of benzene rings is 2. The Morgan fingerprint density at radius 2 is 1.39 bits per heavy atom. The molecule has 15 heteroatoms. The summed E-state index contributed by atoms with van der Waals surface area (Å²) < 4.78 is 48.5. The second kappa shape index (κ2) is 26.5. The summed E-state index contributed by atoms with van der Waals surface area (Å²) in [4.78, 5) is 71.4. The van der Waals surface area contributed by atoms with Crippen molar-refractivity contribution in [3.63, 3.8) is 0 Å². The highest BCUT2D eigenvalue weighted by molar-refractivity contribution is 5.92. The molecule has 2 saturated carbocycles. The van der Waals surface area contributed by atoms with Crippen LogP contribution in [0.15, 0.2) is 71.8 Å². The number of hydrogen-bond donors (Lipinski definition) is 2. The van der Waals surface area contributed by atoms with Gasteiger partial charge in [-0.1, -0.05) is 173 Å². The second-order valence-electron chi connectivity index (χ2n) is 23.5. The monoisotopic (exact) mass is 1070 g/mol. The van der Waals surface area contributed by atoms with Crippen LogP contribution in [0.5, 0.6) is 0 Å². The molecule has 2 unspecified atom stereocenters. The molecule has 2 aromatic carbocycles. The lowest BCUT2D eigenvalue weighted by Gasteiger charge is -2.67. The Labute approximate surface area is 456 Å². The number of ether oxygens (including phenoxy) is 8. The number of unbranched alkanes of at least 4 members (excludes halogenated alkanes) is 14. The standard InChI is InChI=1S/C62H88O15/c1-9-10-11-12-13-14-15-16-17-18-19-20-21-22-29-34-50-70-37-46(73-50)38-71-58(68)75-52(40(2)44-30-25-23-26-31-44)57(67)74-47-36-62(69)55(76-56(66)45-32-27-24-28-33-45)53-60(8,54(65)42(4)51(41(47)3)59(62,6)7)48(64)35-49-61(53,39-72-49)77-43(5)63/h23-28,30-33,40,42,46-50,52-53,55,64,69H,9-22,29,34-39H2,1-8H3/t40-,42+,46?,47-,48-,49+,50?,52+,53-,55-,60+,61-,62+/m0/s1. The summed E-state index contributed by atoms with van der Waals surface area (Å²) in [5.74, 6) is -6.05. The molecule has 15 nitrogen and oxygen atoms in total. The molecule has 2 aromatic rings. The summed E-state index contributed by atoms with van der Waals surface area (Å²) in [5, 5.41) is 25.9. The van der Waals surface area contributed by atoms with Crippen molar-refractivity contribution in [1.82, 2.24) is 0 Å². The van der Waals surface area contributed by atoms with Crippen molar-refractivity contribution in [3.05, 3.63) is 82.9 Å². The molecule has 2 bridgehead atoms. The summed E-state index contributed by atoms with van der Waals surface area (Å²) in [7, 11) is 0. The van der Waals surface area contributed by atoms with Gasteiger partial charge in [0, 0.05) is 37.0 Å². The zero-order valence-corrected chi connectivity index (χ0v) is 47.1. The van der Waals surface area contributed by atoms with Crippen LogP contribution in [-0.2, 0) is 52.3 Å². The normalized spacial score (nSPS) is 31.1. The maximum Gasteiger partial charge on any atom is 0.509 e. The maximum absolute atomic E-state index is 15.4. The third-order valence-electron chi connectivity index (χ3n) is 18.0. The highest BCUT2D eigenvalue weighted by Gasteiger charge is 2.77. The predicted molar refractivity (Wildman–Crippen MR) is 287 cm³/mol. The number of aliphatic hydroxyl groups is 2. The van der Waals surface area contributed by atoms with Crippen molar-refractivity contribution >= 4 is 29.8 Å². The molecule has 426 valence electrons. The molecular formula is C62H88O15. The fourth-order valence-corrected chi connectivity index (χ4v) is 13.5. The van der Waals surface area contributed by atoms with E-state index in [4.69, 9.17) is 37.9 Å². The highest BCUT2D eigenvalue weighted by Crippen LogP contribution is 2.65. The molecular weight excluding hydrogens is 985 g/mol. The first-order chi connectivity index (χ1) is 36.8. The van der Waals surface area contributed by atoms with Crippen LogP contribution in [0.25, 0.3) is 0 Å². The van der Waals surface area contributed by atoms with E-state index in [0.29, 0.717) is 16.7 Å². The molecule has 2 saturated heterocycles. The zero-order valence-electron chi connectivity index (χ0n) is 47.1. The first-order valence-electron chi connectivity index (χ1n) is 28.9. The number of esters is 3. The third kappa shape index (κ3) is 13.2. The van der Waals surface area contributed by atoms with Crippen molar-refractivity contribution < 1.29 is 72.1 Å². The van der Waals surface area contributed by atoms with Crippen molar-refractivity contribution in [3.8, 4) is 0 Å². The summed E-state index contributed by atoms with van der Waals surface area (Å²) in [6.07, 6.45) is 10.7. The molecule has 77 heavy (non-hydrogen) atoms. The average molecular weight is 1070 g/mol. The SMILES string of the molecule is CCCCCCCCCCCCCCCCCC1OCC(COC(=O)O[C@@H](C(=O)O[C@H]2C[C@@]3(O)[C@@H](OC(=O)c4ccccc4)[C@@H]4[C@]5(OC(C)=O)CO[C@@H]5C[C@H](O)[C@@]4(C)C(=O)[C@H](C)C(=C2C)C3(C)C)[C@@H](C)c2ccccc2)O1. The van der Waals surface area contributed by atoms with Gasteiger partial charge in [-0.2, -0.15) is 0 Å². The van der Waals surface area contributed by atoms with Crippen molar-refractivity contribution in [2.75, 3.05) is 19.8 Å². The largest absolute Gasteiger partial charge is 0.509 e. The van der Waals surface area contributed by atoms with Crippen LogP contribution in [0, 0.1) is 22.7 Å². The van der Waals surface area contributed by atoms with E-state index in [0.717, 1.165) is 19.3 Å². The van der Waals surface area contributed by atoms with E-state index in [1.54, 1.807) is 96.1 Å². The van der Waals surface area contributed by atoms with Crippen LogP contribution in [0.4, 0.5) is 4.79 Å². The Kier molecular flexibility index (Phi) is 20.7. The summed E-state index contributed by atoms with van der Waals surface area (Å²) in [5.41, 5.74) is -5.26. The minimum absolute atomic E-state index is 0.0663. The fourth-order valence-electron chi connectivity index (χ4n) is 13.5. The van der Waals surface area contributed by atoms with E-state index in [1.807, 2.05) is 6.07 Å². The van der Waals surface area contributed by atoms with E-state index >= 15 is 4.79 Å². The molecule has 0 aromatic heterocycles. The molecule has 7 rings (SSSR count). The number of hydrogen-bond acceptors (Lipinski definition) is 15. The second-order valence-corrected chi connectivity index (χ2v) is 23.5. The fraction of sp³-hybridized carbons (Fsp3) is 0.694.